The molecular weight excluding hydrogens is 262 g/mol. The lowest BCUT2D eigenvalue weighted by atomic mass is 10.2. The van der Waals surface area contributed by atoms with Crippen molar-refractivity contribution in [2.75, 3.05) is 5.43 Å². The highest BCUT2D eigenvalue weighted by Crippen LogP contribution is 2.16. The molecule has 0 aliphatic heterocycles. The number of rotatable bonds is 2. The van der Waals surface area contributed by atoms with E-state index in [0.29, 0.717) is 10.6 Å². The average Bonchev–Trinajstić information content (AvgIpc) is 2.83. The topological polar surface area (TPSA) is 46.9 Å². The van der Waals surface area contributed by atoms with E-state index >= 15 is 0 Å². The Morgan fingerprint density at radius 1 is 1.11 bits per heavy atom. The first kappa shape index (κ1) is 11.7. The number of hydrogen-bond donors (Lipinski definition) is 1. The molecule has 19 heavy (non-hydrogen) atoms. The average molecular weight is 272 g/mol. The van der Waals surface area contributed by atoms with Crippen LogP contribution in [-0.2, 0) is 0 Å². The number of halogens is 1. The number of amides is 1. The molecule has 2 aromatic carbocycles. The van der Waals surface area contributed by atoms with Gasteiger partial charge in [0.2, 0.25) is 0 Å². The van der Waals surface area contributed by atoms with E-state index in [1.54, 1.807) is 35.3 Å². The van der Waals surface area contributed by atoms with Crippen molar-refractivity contribution in [3.05, 3.63) is 65.4 Å². The largest absolute Gasteiger partial charge is 0.271 e. The monoisotopic (exact) mass is 271 g/mol. The molecule has 1 N–H and O–H groups in total. The number of nitrogens with one attached hydrogen (secondary N) is 1. The predicted octanol–water partition coefficient (Wildman–Crippen LogP) is 3.07. The molecule has 0 unspecified atom stereocenters. The van der Waals surface area contributed by atoms with Crippen LogP contribution in [-0.4, -0.2) is 15.6 Å². The number of fused-ring (bicyclic) bond motifs is 1. The molecule has 0 saturated heterocycles. The minimum atomic E-state index is -0.270. The molecule has 4 nitrogen and oxygen atoms in total. The van der Waals surface area contributed by atoms with Gasteiger partial charge in [-0.2, -0.15) is 0 Å². The van der Waals surface area contributed by atoms with Gasteiger partial charge in [-0.3, -0.25) is 10.2 Å². The molecule has 0 fully saturated rings. The fraction of sp³-hybridized carbons (Fsp3) is 0. The van der Waals surface area contributed by atoms with Gasteiger partial charge < -0.3 is 0 Å². The lowest BCUT2D eigenvalue weighted by Crippen LogP contribution is -2.22. The fourth-order valence-electron chi connectivity index (χ4n) is 1.86. The van der Waals surface area contributed by atoms with E-state index in [-0.39, 0.29) is 5.91 Å². The lowest BCUT2D eigenvalue weighted by Gasteiger charge is -2.07. The third kappa shape index (κ3) is 2.18. The Morgan fingerprint density at radius 2 is 1.84 bits per heavy atom. The van der Waals surface area contributed by atoms with Crippen LogP contribution in [0.2, 0.25) is 5.02 Å². The third-order valence-corrected chi connectivity index (χ3v) is 3.12. The Labute approximate surface area is 114 Å². The highest BCUT2D eigenvalue weighted by atomic mass is 35.5. The normalized spacial score (nSPS) is 10.6. The fourth-order valence-corrected chi connectivity index (χ4v) is 2.08. The minimum Gasteiger partial charge on any atom is -0.267 e. The molecule has 0 spiro atoms. The predicted molar refractivity (Wildman–Crippen MR) is 74.9 cm³/mol. The van der Waals surface area contributed by atoms with Crippen molar-refractivity contribution in [3.8, 4) is 0 Å². The van der Waals surface area contributed by atoms with Crippen LogP contribution in [0.3, 0.4) is 0 Å². The van der Waals surface area contributed by atoms with Gasteiger partial charge in [-0.1, -0.05) is 35.9 Å². The van der Waals surface area contributed by atoms with Crippen molar-refractivity contribution < 1.29 is 4.79 Å². The Balaban J connectivity index is 1.94. The van der Waals surface area contributed by atoms with Gasteiger partial charge in [-0.25, -0.2) is 9.66 Å². The first-order chi connectivity index (χ1) is 9.25. The van der Waals surface area contributed by atoms with Crippen LogP contribution in [0.15, 0.2) is 54.9 Å². The molecule has 3 aromatic rings. The smallest absolute Gasteiger partial charge is 0.267 e. The first-order valence-electron chi connectivity index (χ1n) is 5.74. The van der Waals surface area contributed by atoms with E-state index in [1.165, 1.54) is 0 Å². The maximum Gasteiger partial charge on any atom is 0.271 e. The second-order valence-corrected chi connectivity index (χ2v) is 4.43. The summed E-state index contributed by atoms with van der Waals surface area (Å²) in [7, 11) is 0. The molecule has 0 bridgehead atoms. The van der Waals surface area contributed by atoms with E-state index in [1.807, 2.05) is 24.3 Å². The van der Waals surface area contributed by atoms with Gasteiger partial charge in [0.25, 0.3) is 5.91 Å². The highest BCUT2D eigenvalue weighted by molar-refractivity contribution is 6.34. The van der Waals surface area contributed by atoms with Crippen LogP contribution in [0.25, 0.3) is 11.0 Å². The molecular formula is C14H10ClN3O. The number of nitrogens with zero attached hydrogens (tertiary/aromatic N) is 2. The SMILES string of the molecule is O=C(Nn1cnc2ccccc21)c1ccccc1Cl. The summed E-state index contributed by atoms with van der Waals surface area (Å²) in [5.41, 5.74) is 4.84. The molecule has 0 aliphatic carbocycles. The van der Waals surface area contributed by atoms with Crippen LogP contribution < -0.4 is 5.43 Å². The Bertz CT molecular complexity index is 751. The number of carbonyl (C=O) groups excluding carboxylic acids is 1. The zero-order valence-corrected chi connectivity index (χ0v) is 10.6. The summed E-state index contributed by atoms with van der Waals surface area (Å²) < 4.78 is 1.58. The van der Waals surface area contributed by atoms with Gasteiger partial charge in [0.05, 0.1) is 21.6 Å². The quantitative estimate of drug-likeness (QED) is 0.779. The van der Waals surface area contributed by atoms with E-state index in [4.69, 9.17) is 11.6 Å². The van der Waals surface area contributed by atoms with Crippen LogP contribution in [0.5, 0.6) is 0 Å². The molecule has 1 heterocycles. The van der Waals surface area contributed by atoms with Crippen LogP contribution in [0.1, 0.15) is 10.4 Å². The molecule has 0 saturated carbocycles. The van der Waals surface area contributed by atoms with Crippen LogP contribution in [0.4, 0.5) is 0 Å². The number of hydrogen-bond acceptors (Lipinski definition) is 2. The van der Waals surface area contributed by atoms with Crippen LogP contribution in [0, 0.1) is 0 Å². The molecule has 1 aromatic heterocycles. The van der Waals surface area contributed by atoms with Crippen molar-refractivity contribution in [2.45, 2.75) is 0 Å². The maximum absolute atomic E-state index is 12.1. The van der Waals surface area contributed by atoms with Gasteiger partial charge in [-0.05, 0) is 24.3 Å². The molecule has 0 atom stereocenters. The molecule has 3 rings (SSSR count). The summed E-state index contributed by atoms with van der Waals surface area (Å²) >= 11 is 5.99. The Hall–Kier alpha value is -2.33. The summed E-state index contributed by atoms with van der Waals surface area (Å²) in [6, 6.07) is 14.5. The van der Waals surface area contributed by atoms with E-state index in [2.05, 4.69) is 10.4 Å². The van der Waals surface area contributed by atoms with Crippen molar-refractivity contribution >= 4 is 28.5 Å². The number of aromatic nitrogens is 2. The standard InChI is InChI=1S/C14H10ClN3O/c15-11-6-2-1-5-10(11)14(19)17-18-9-16-12-7-3-4-8-13(12)18/h1-9H,(H,17,19). The summed E-state index contributed by atoms with van der Waals surface area (Å²) in [6.45, 7) is 0. The second kappa shape index (κ2) is 4.74. The second-order valence-electron chi connectivity index (χ2n) is 4.02. The molecule has 5 heteroatoms. The number of imidazole rings is 1. The summed E-state index contributed by atoms with van der Waals surface area (Å²) in [4.78, 5) is 16.3. The van der Waals surface area contributed by atoms with Crippen molar-refractivity contribution in [2.24, 2.45) is 0 Å². The minimum absolute atomic E-state index is 0.270. The van der Waals surface area contributed by atoms with Crippen molar-refractivity contribution in [3.63, 3.8) is 0 Å². The third-order valence-electron chi connectivity index (χ3n) is 2.79. The van der Waals surface area contributed by atoms with Gasteiger partial charge in [-0.15, -0.1) is 0 Å². The van der Waals surface area contributed by atoms with Crippen molar-refractivity contribution in [1.29, 1.82) is 0 Å². The van der Waals surface area contributed by atoms with Crippen LogP contribution >= 0.6 is 11.6 Å². The zero-order valence-electron chi connectivity index (χ0n) is 9.88. The summed E-state index contributed by atoms with van der Waals surface area (Å²) in [5.74, 6) is -0.270. The van der Waals surface area contributed by atoms with Gasteiger partial charge in [0.15, 0.2) is 0 Å². The van der Waals surface area contributed by atoms with Gasteiger partial charge in [0.1, 0.15) is 6.33 Å². The Kier molecular flexibility index (Phi) is 2.93. The zero-order chi connectivity index (χ0) is 13.2. The van der Waals surface area contributed by atoms with Gasteiger partial charge in [0, 0.05) is 0 Å². The molecule has 0 aliphatic rings. The number of para-hydroxylation sites is 2. The van der Waals surface area contributed by atoms with E-state index < -0.39 is 0 Å². The highest BCUT2D eigenvalue weighted by Gasteiger charge is 2.11. The molecule has 0 radical (unpaired) electrons. The maximum atomic E-state index is 12.1. The van der Waals surface area contributed by atoms with E-state index in [0.717, 1.165) is 11.0 Å². The number of carbonyl (C=O) groups is 1. The van der Waals surface area contributed by atoms with Gasteiger partial charge >= 0.3 is 0 Å². The first-order valence-corrected chi connectivity index (χ1v) is 6.11. The molecule has 1 amide bonds. The summed E-state index contributed by atoms with van der Waals surface area (Å²) in [6.07, 6.45) is 1.57. The number of benzene rings is 2. The van der Waals surface area contributed by atoms with Crippen molar-refractivity contribution in [1.82, 2.24) is 9.66 Å². The molecule has 94 valence electrons. The van der Waals surface area contributed by atoms with E-state index in [9.17, 15) is 4.79 Å². The Morgan fingerprint density at radius 3 is 2.68 bits per heavy atom. The lowest BCUT2D eigenvalue weighted by molar-refractivity contribution is 0.101. The summed E-state index contributed by atoms with van der Waals surface area (Å²) in [5, 5.41) is 0.421.